The molecule has 0 atom stereocenters. The van der Waals surface area contributed by atoms with Crippen LogP contribution in [0.2, 0.25) is 0 Å². The van der Waals surface area contributed by atoms with Gasteiger partial charge in [-0.1, -0.05) is 48.5 Å². The predicted molar refractivity (Wildman–Crippen MR) is 92.9 cm³/mol. The van der Waals surface area contributed by atoms with Gasteiger partial charge in [-0.25, -0.2) is 4.98 Å². The Balaban J connectivity index is 1.81. The third-order valence-electron chi connectivity index (χ3n) is 3.61. The second-order valence-electron chi connectivity index (χ2n) is 5.06. The number of hydrogen-bond donors (Lipinski definition) is 0. The first-order valence-corrected chi connectivity index (χ1v) is 7.91. The normalized spacial score (nSPS) is 10.5. The number of benzene rings is 2. The average Bonchev–Trinajstić information content (AvgIpc) is 2.56. The van der Waals surface area contributed by atoms with Crippen LogP contribution in [0.3, 0.4) is 0 Å². The number of hydrogen-bond acceptors (Lipinski definition) is 2. The Kier molecular flexibility index (Phi) is 4.54. The summed E-state index contributed by atoms with van der Waals surface area (Å²) in [4.78, 5) is 4.23. The van der Waals surface area contributed by atoms with E-state index in [2.05, 4.69) is 70.3 Å². The van der Waals surface area contributed by atoms with Gasteiger partial charge >= 0.3 is 0 Å². The number of aromatic nitrogens is 1. The van der Waals surface area contributed by atoms with E-state index in [9.17, 15) is 0 Å². The fraction of sp³-hybridized carbons (Fsp3) is 0.105. The molecule has 0 fully saturated rings. The molecular formula is C19H16BrNO. The van der Waals surface area contributed by atoms with Gasteiger partial charge in [-0.05, 0) is 51.2 Å². The SMILES string of the molecule is Cc1c(COc2ccc(Br)cn2)cccc1-c1ccccc1. The van der Waals surface area contributed by atoms with E-state index >= 15 is 0 Å². The third kappa shape index (κ3) is 3.37. The van der Waals surface area contributed by atoms with E-state index in [0.717, 1.165) is 4.47 Å². The average molecular weight is 354 g/mol. The molecule has 22 heavy (non-hydrogen) atoms. The van der Waals surface area contributed by atoms with Crippen molar-refractivity contribution in [2.45, 2.75) is 13.5 Å². The van der Waals surface area contributed by atoms with Crippen molar-refractivity contribution in [1.29, 1.82) is 0 Å². The van der Waals surface area contributed by atoms with E-state index in [0.29, 0.717) is 12.5 Å². The number of ether oxygens (including phenoxy) is 1. The molecule has 0 aliphatic carbocycles. The Morgan fingerprint density at radius 3 is 2.50 bits per heavy atom. The molecule has 110 valence electrons. The van der Waals surface area contributed by atoms with Crippen LogP contribution in [-0.2, 0) is 6.61 Å². The van der Waals surface area contributed by atoms with Crippen molar-refractivity contribution in [2.75, 3.05) is 0 Å². The molecule has 0 unspecified atom stereocenters. The summed E-state index contributed by atoms with van der Waals surface area (Å²) in [5.41, 5.74) is 4.88. The molecule has 2 nitrogen and oxygen atoms in total. The Bertz CT molecular complexity index is 754. The Morgan fingerprint density at radius 2 is 1.77 bits per heavy atom. The molecule has 0 aliphatic rings. The standard InChI is InChI=1S/C19H16BrNO/c1-14-16(13-22-19-11-10-17(20)12-21-19)8-5-9-18(14)15-6-3-2-4-7-15/h2-12H,13H2,1H3. The van der Waals surface area contributed by atoms with Crippen molar-refractivity contribution in [3.63, 3.8) is 0 Å². The number of halogens is 1. The molecule has 0 spiro atoms. The Labute approximate surface area is 138 Å². The van der Waals surface area contributed by atoms with Gasteiger partial charge < -0.3 is 4.74 Å². The van der Waals surface area contributed by atoms with Crippen molar-refractivity contribution in [3.8, 4) is 17.0 Å². The van der Waals surface area contributed by atoms with Crippen LogP contribution in [0.5, 0.6) is 5.88 Å². The lowest BCUT2D eigenvalue weighted by Crippen LogP contribution is -2.00. The van der Waals surface area contributed by atoms with Crippen LogP contribution >= 0.6 is 15.9 Å². The van der Waals surface area contributed by atoms with E-state index in [4.69, 9.17) is 4.74 Å². The van der Waals surface area contributed by atoms with Gasteiger partial charge in [0.15, 0.2) is 0 Å². The largest absolute Gasteiger partial charge is 0.473 e. The maximum absolute atomic E-state index is 5.79. The smallest absolute Gasteiger partial charge is 0.213 e. The van der Waals surface area contributed by atoms with Crippen LogP contribution in [-0.4, -0.2) is 4.98 Å². The summed E-state index contributed by atoms with van der Waals surface area (Å²) in [6.45, 7) is 2.65. The fourth-order valence-corrected chi connectivity index (χ4v) is 2.60. The minimum Gasteiger partial charge on any atom is -0.473 e. The predicted octanol–water partition coefficient (Wildman–Crippen LogP) is 5.40. The van der Waals surface area contributed by atoms with E-state index in [1.807, 2.05) is 18.2 Å². The van der Waals surface area contributed by atoms with Gasteiger partial charge in [-0.2, -0.15) is 0 Å². The van der Waals surface area contributed by atoms with Gasteiger partial charge in [0.05, 0.1) is 0 Å². The van der Waals surface area contributed by atoms with Gasteiger partial charge in [0.2, 0.25) is 5.88 Å². The number of nitrogens with zero attached hydrogens (tertiary/aromatic N) is 1. The van der Waals surface area contributed by atoms with E-state index in [1.165, 1.54) is 22.3 Å². The van der Waals surface area contributed by atoms with E-state index < -0.39 is 0 Å². The fourth-order valence-electron chi connectivity index (χ4n) is 2.37. The lowest BCUT2D eigenvalue weighted by atomic mass is 9.97. The lowest BCUT2D eigenvalue weighted by molar-refractivity contribution is 0.293. The zero-order chi connectivity index (χ0) is 15.4. The zero-order valence-corrected chi connectivity index (χ0v) is 13.9. The molecule has 3 rings (SSSR count). The van der Waals surface area contributed by atoms with E-state index in [1.54, 1.807) is 6.20 Å². The first kappa shape index (κ1) is 14.8. The Hall–Kier alpha value is -2.13. The minimum absolute atomic E-state index is 0.515. The van der Waals surface area contributed by atoms with Crippen LogP contribution in [0.25, 0.3) is 11.1 Å². The molecular weight excluding hydrogens is 338 g/mol. The van der Waals surface area contributed by atoms with Crippen molar-refractivity contribution in [1.82, 2.24) is 4.98 Å². The molecule has 0 radical (unpaired) electrons. The van der Waals surface area contributed by atoms with Crippen LogP contribution in [0.1, 0.15) is 11.1 Å². The molecule has 0 bridgehead atoms. The van der Waals surface area contributed by atoms with Crippen molar-refractivity contribution < 1.29 is 4.74 Å². The van der Waals surface area contributed by atoms with Crippen LogP contribution in [0, 0.1) is 6.92 Å². The molecule has 3 aromatic rings. The summed E-state index contributed by atoms with van der Waals surface area (Å²) in [5, 5.41) is 0. The van der Waals surface area contributed by atoms with Gasteiger partial charge in [0.1, 0.15) is 6.61 Å². The molecule has 0 saturated carbocycles. The summed E-state index contributed by atoms with van der Waals surface area (Å²) >= 11 is 3.37. The van der Waals surface area contributed by atoms with Crippen molar-refractivity contribution in [2.24, 2.45) is 0 Å². The second-order valence-corrected chi connectivity index (χ2v) is 5.97. The topological polar surface area (TPSA) is 22.1 Å². The summed E-state index contributed by atoms with van der Waals surface area (Å²) in [6.07, 6.45) is 1.74. The molecule has 0 aliphatic heterocycles. The third-order valence-corrected chi connectivity index (χ3v) is 4.08. The number of pyridine rings is 1. The molecule has 1 heterocycles. The summed E-state index contributed by atoms with van der Waals surface area (Å²) in [6, 6.07) is 20.5. The molecule has 0 N–H and O–H groups in total. The second kappa shape index (κ2) is 6.75. The summed E-state index contributed by atoms with van der Waals surface area (Å²) in [5.74, 6) is 0.632. The monoisotopic (exact) mass is 353 g/mol. The quantitative estimate of drug-likeness (QED) is 0.626. The van der Waals surface area contributed by atoms with Gasteiger partial charge in [-0.3, -0.25) is 0 Å². The van der Waals surface area contributed by atoms with Gasteiger partial charge in [0, 0.05) is 16.7 Å². The first-order chi connectivity index (χ1) is 10.7. The highest BCUT2D eigenvalue weighted by Gasteiger charge is 2.07. The van der Waals surface area contributed by atoms with Crippen LogP contribution in [0.4, 0.5) is 0 Å². The molecule has 0 amide bonds. The first-order valence-electron chi connectivity index (χ1n) is 7.12. The molecule has 2 aromatic carbocycles. The van der Waals surface area contributed by atoms with Crippen LogP contribution < -0.4 is 4.74 Å². The highest BCUT2D eigenvalue weighted by Crippen LogP contribution is 2.26. The van der Waals surface area contributed by atoms with Gasteiger partial charge in [-0.15, -0.1) is 0 Å². The maximum Gasteiger partial charge on any atom is 0.213 e. The minimum atomic E-state index is 0.515. The highest BCUT2D eigenvalue weighted by atomic mass is 79.9. The maximum atomic E-state index is 5.79. The van der Waals surface area contributed by atoms with E-state index in [-0.39, 0.29) is 0 Å². The Morgan fingerprint density at radius 1 is 0.955 bits per heavy atom. The van der Waals surface area contributed by atoms with Crippen molar-refractivity contribution >= 4 is 15.9 Å². The molecule has 0 saturated heterocycles. The summed E-state index contributed by atoms with van der Waals surface area (Å²) < 4.78 is 6.73. The van der Waals surface area contributed by atoms with Crippen molar-refractivity contribution in [3.05, 3.63) is 82.5 Å². The zero-order valence-electron chi connectivity index (χ0n) is 12.3. The van der Waals surface area contributed by atoms with Crippen LogP contribution in [0.15, 0.2) is 71.3 Å². The lowest BCUT2D eigenvalue weighted by Gasteiger charge is -2.12. The summed E-state index contributed by atoms with van der Waals surface area (Å²) in [7, 11) is 0. The number of rotatable bonds is 4. The molecule has 3 heteroatoms. The molecule has 1 aromatic heterocycles. The van der Waals surface area contributed by atoms with Gasteiger partial charge in [0.25, 0.3) is 0 Å². The highest BCUT2D eigenvalue weighted by molar-refractivity contribution is 9.10.